The van der Waals surface area contributed by atoms with Crippen LogP contribution in [-0.2, 0) is 16.8 Å². The van der Waals surface area contributed by atoms with Crippen molar-refractivity contribution >= 4 is 10.9 Å². The van der Waals surface area contributed by atoms with E-state index in [1.165, 1.54) is 24.3 Å². The number of benzene rings is 3. The van der Waals surface area contributed by atoms with Crippen molar-refractivity contribution < 1.29 is 18.3 Å². The average Bonchev–Trinajstić information content (AvgIpc) is 3.06. The van der Waals surface area contributed by atoms with E-state index < -0.39 is 5.82 Å². The Morgan fingerprint density at radius 3 is 2.25 bits per heavy atom. The van der Waals surface area contributed by atoms with Crippen LogP contribution in [0.5, 0.6) is 5.75 Å². The molecule has 0 fully saturated rings. The highest BCUT2D eigenvalue weighted by Gasteiger charge is 2.31. The van der Waals surface area contributed by atoms with E-state index in [9.17, 15) is 8.78 Å². The van der Waals surface area contributed by atoms with Crippen LogP contribution < -0.4 is 4.74 Å². The average molecular weight is 436 g/mol. The van der Waals surface area contributed by atoms with Crippen LogP contribution in [0.25, 0.3) is 16.6 Å². The van der Waals surface area contributed by atoms with Crippen molar-refractivity contribution in [1.29, 1.82) is 0 Å². The van der Waals surface area contributed by atoms with Crippen LogP contribution in [-0.4, -0.2) is 18.3 Å². The molecule has 3 aromatic carbocycles. The van der Waals surface area contributed by atoms with Gasteiger partial charge < -0.3 is 14.0 Å². The molecule has 32 heavy (non-hydrogen) atoms. The summed E-state index contributed by atoms with van der Waals surface area (Å²) in [4.78, 5) is 0. The van der Waals surface area contributed by atoms with Gasteiger partial charge in [0.25, 0.3) is 0 Å². The molecule has 0 aliphatic heterocycles. The van der Waals surface area contributed by atoms with Gasteiger partial charge in [0.05, 0.1) is 12.1 Å². The first-order valence-corrected chi connectivity index (χ1v) is 10.6. The molecule has 4 rings (SSSR count). The van der Waals surface area contributed by atoms with E-state index in [0.717, 1.165) is 27.9 Å². The number of fused-ring (bicyclic) bond motifs is 1. The maximum Gasteiger partial charge on any atom is 0.132 e. The van der Waals surface area contributed by atoms with Gasteiger partial charge in [-0.3, -0.25) is 0 Å². The lowest BCUT2D eigenvalue weighted by molar-refractivity contribution is 0.143. The Hall–Kier alpha value is -3.18. The lowest BCUT2D eigenvalue weighted by atomic mass is 9.87. The zero-order chi connectivity index (χ0) is 22.9. The predicted octanol–water partition coefficient (Wildman–Crippen LogP) is 6.72. The minimum Gasteiger partial charge on any atom is -0.488 e. The Bertz CT molecular complexity index is 1230. The van der Waals surface area contributed by atoms with Gasteiger partial charge in [0, 0.05) is 35.4 Å². The second-order valence-corrected chi connectivity index (χ2v) is 8.67. The Labute approximate surface area is 187 Å². The molecule has 0 N–H and O–H groups in total. The van der Waals surface area contributed by atoms with E-state index in [1.807, 2.05) is 41.8 Å². The van der Waals surface area contributed by atoms with Crippen molar-refractivity contribution in [2.45, 2.75) is 32.8 Å². The first-order chi connectivity index (χ1) is 15.3. The van der Waals surface area contributed by atoms with E-state index >= 15 is 0 Å². The van der Waals surface area contributed by atoms with Gasteiger partial charge in [-0.15, -0.1) is 0 Å². The minimum absolute atomic E-state index is 0.322. The maximum absolute atomic E-state index is 14.8. The minimum atomic E-state index is -0.391. The topological polar surface area (TPSA) is 23.4 Å². The number of methoxy groups -OCH3 is 1. The normalized spacial score (nSPS) is 11.8. The molecule has 0 spiro atoms. The van der Waals surface area contributed by atoms with Crippen molar-refractivity contribution in [3.05, 3.63) is 95.2 Å². The van der Waals surface area contributed by atoms with Gasteiger partial charge in [-0.1, -0.05) is 44.2 Å². The number of halogens is 2. The second-order valence-electron chi connectivity index (χ2n) is 8.67. The molecule has 4 aromatic rings. The summed E-state index contributed by atoms with van der Waals surface area (Å²) in [6.07, 6.45) is 0. The number of rotatable bonds is 7. The van der Waals surface area contributed by atoms with Crippen LogP contribution >= 0.6 is 0 Å². The molecule has 166 valence electrons. The van der Waals surface area contributed by atoms with E-state index in [4.69, 9.17) is 9.47 Å². The molecule has 0 aliphatic rings. The van der Waals surface area contributed by atoms with Crippen LogP contribution in [0.4, 0.5) is 8.78 Å². The third-order valence-electron chi connectivity index (χ3n) is 5.71. The van der Waals surface area contributed by atoms with Crippen molar-refractivity contribution in [2.75, 3.05) is 13.7 Å². The monoisotopic (exact) mass is 435 g/mol. The molecule has 0 aliphatic carbocycles. The molecular weight excluding hydrogens is 408 g/mol. The molecule has 0 atom stereocenters. The third-order valence-corrected chi connectivity index (χ3v) is 5.71. The summed E-state index contributed by atoms with van der Waals surface area (Å²) in [5.41, 5.74) is 3.99. The summed E-state index contributed by atoms with van der Waals surface area (Å²) >= 11 is 0. The van der Waals surface area contributed by atoms with Gasteiger partial charge in [0.1, 0.15) is 24.0 Å². The van der Waals surface area contributed by atoms with Crippen molar-refractivity contribution in [3.63, 3.8) is 0 Å². The molecule has 0 amide bonds. The lowest BCUT2D eigenvalue weighted by Crippen LogP contribution is -2.27. The van der Waals surface area contributed by atoms with Gasteiger partial charge in [-0.25, -0.2) is 8.78 Å². The Morgan fingerprint density at radius 1 is 0.906 bits per heavy atom. The van der Waals surface area contributed by atoms with Crippen LogP contribution in [0, 0.1) is 18.6 Å². The quantitative estimate of drug-likeness (QED) is 0.322. The number of aryl methyl sites for hydroxylation is 1. The van der Waals surface area contributed by atoms with Crippen LogP contribution in [0.1, 0.15) is 30.7 Å². The van der Waals surface area contributed by atoms with E-state index in [-0.39, 0.29) is 11.2 Å². The van der Waals surface area contributed by atoms with Crippen molar-refractivity contribution in [2.24, 2.45) is 0 Å². The highest BCUT2D eigenvalue weighted by Crippen LogP contribution is 2.41. The molecule has 0 bridgehead atoms. The fourth-order valence-electron chi connectivity index (χ4n) is 4.47. The summed E-state index contributed by atoms with van der Waals surface area (Å²) < 4.78 is 42.1. The molecule has 1 heterocycles. The Kier molecular flexibility index (Phi) is 6.02. The smallest absolute Gasteiger partial charge is 0.132 e. The van der Waals surface area contributed by atoms with Gasteiger partial charge in [-0.05, 0) is 48.4 Å². The van der Waals surface area contributed by atoms with Crippen LogP contribution in [0.3, 0.4) is 0 Å². The zero-order valence-electron chi connectivity index (χ0n) is 18.8. The van der Waals surface area contributed by atoms with E-state index in [1.54, 1.807) is 19.2 Å². The molecule has 0 saturated heterocycles. The summed E-state index contributed by atoms with van der Waals surface area (Å²) in [7, 11) is 1.66. The van der Waals surface area contributed by atoms with Crippen LogP contribution in [0.2, 0.25) is 0 Å². The number of aromatic nitrogens is 1. The fraction of sp³-hybridized carbons (Fsp3) is 0.259. The molecule has 0 unspecified atom stereocenters. The van der Waals surface area contributed by atoms with Gasteiger partial charge in [0.15, 0.2) is 0 Å². The lowest BCUT2D eigenvalue weighted by Gasteiger charge is -2.27. The van der Waals surface area contributed by atoms with E-state index in [0.29, 0.717) is 24.5 Å². The fourth-order valence-corrected chi connectivity index (χ4v) is 4.47. The summed E-state index contributed by atoms with van der Waals surface area (Å²) in [5.74, 6) is -0.230. The van der Waals surface area contributed by atoms with Crippen molar-refractivity contribution in [1.82, 2.24) is 4.57 Å². The number of hydrogen-bond acceptors (Lipinski definition) is 2. The Balaban J connectivity index is 1.95. The van der Waals surface area contributed by atoms with Gasteiger partial charge in [0.2, 0.25) is 0 Å². The highest BCUT2D eigenvalue weighted by molar-refractivity contribution is 5.93. The number of ether oxygens (including phenoxy) is 2. The number of hydrogen-bond donors (Lipinski definition) is 0. The maximum atomic E-state index is 14.8. The molecule has 0 radical (unpaired) electrons. The van der Waals surface area contributed by atoms with Crippen molar-refractivity contribution in [3.8, 4) is 11.4 Å². The molecule has 1 aromatic heterocycles. The van der Waals surface area contributed by atoms with Gasteiger partial charge >= 0.3 is 0 Å². The summed E-state index contributed by atoms with van der Waals surface area (Å²) in [5, 5.41) is 0.839. The molecule has 5 heteroatoms. The summed E-state index contributed by atoms with van der Waals surface area (Å²) in [6.45, 7) is 6.98. The second kappa shape index (κ2) is 8.75. The largest absolute Gasteiger partial charge is 0.488 e. The molecule has 0 saturated carbocycles. The van der Waals surface area contributed by atoms with Gasteiger partial charge in [-0.2, -0.15) is 0 Å². The standard InChI is InChI=1S/C27H27F2NO2/c1-18-25-23(14-21(29)15-24(25)32-16-19-8-6-5-7-9-19)30(22-12-10-20(28)11-13-22)26(18)27(2,3)17-31-4/h5-15H,16-17H2,1-4H3. The first kappa shape index (κ1) is 22.0. The molecule has 3 nitrogen and oxygen atoms in total. The summed E-state index contributed by atoms with van der Waals surface area (Å²) in [6, 6.07) is 19.0. The highest BCUT2D eigenvalue weighted by atomic mass is 19.1. The zero-order valence-corrected chi connectivity index (χ0v) is 18.8. The Morgan fingerprint density at radius 2 is 1.59 bits per heavy atom. The van der Waals surface area contributed by atoms with Crippen LogP contribution in [0.15, 0.2) is 66.7 Å². The molecular formula is C27H27F2NO2. The number of nitrogens with zero attached hydrogens (tertiary/aromatic N) is 1. The predicted molar refractivity (Wildman–Crippen MR) is 124 cm³/mol. The van der Waals surface area contributed by atoms with E-state index in [2.05, 4.69) is 13.8 Å². The third kappa shape index (κ3) is 4.13. The SMILES string of the molecule is COCC(C)(C)c1c(C)c2c(OCc3ccccc3)cc(F)cc2n1-c1ccc(F)cc1. The first-order valence-electron chi connectivity index (χ1n) is 10.6.